The molecular formula is C31H43FN2O6. The van der Waals surface area contributed by atoms with E-state index in [0.29, 0.717) is 32.2 Å². The molecule has 4 saturated carbocycles. The number of hydrogen-bond acceptors (Lipinski definition) is 5. The van der Waals surface area contributed by atoms with Crippen LogP contribution in [0.5, 0.6) is 11.5 Å². The van der Waals surface area contributed by atoms with Gasteiger partial charge in [-0.05, 0) is 86.5 Å². The van der Waals surface area contributed by atoms with Crippen molar-refractivity contribution >= 4 is 17.8 Å². The molecule has 0 unspecified atom stereocenters. The quantitative estimate of drug-likeness (QED) is 0.369. The summed E-state index contributed by atoms with van der Waals surface area (Å²) < 4.78 is 26.4. The van der Waals surface area contributed by atoms with Crippen LogP contribution < -0.4 is 20.1 Å². The summed E-state index contributed by atoms with van der Waals surface area (Å²) in [5, 5.41) is 15.5. The molecule has 40 heavy (non-hydrogen) atoms. The summed E-state index contributed by atoms with van der Waals surface area (Å²) in [6.45, 7) is 4.84. The summed E-state index contributed by atoms with van der Waals surface area (Å²) in [6.07, 6.45) is 8.75. The van der Waals surface area contributed by atoms with Gasteiger partial charge < -0.3 is 25.2 Å². The number of carboxylic acids is 1. The van der Waals surface area contributed by atoms with Crippen LogP contribution in [0.2, 0.25) is 0 Å². The lowest BCUT2D eigenvalue weighted by atomic mass is 9.70. The van der Waals surface area contributed by atoms with Crippen LogP contribution in [0.1, 0.15) is 94.8 Å². The summed E-state index contributed by atoms with van der Waals surface area (Å²) in [7, 11) is 1.39. The molecule has 4 atom stereocenters. The Kier molecular flexibility index (Phi) is 8.03. The number of methoxy groups -OCH3 is 1. The van der Waals surface area contributed by atoms with Crippen LogP contribution in [-0.4, -0.2) is 48.7 Å². The maximum atomic E-state index is 15.0. The third-order valence-electron chi connectivity index (χ3n) is 10.3. The van der Waals surface area contributed by atoms with Gasteiger partial charge in [0.2, 0.25) is 5.91 Å². The van der Waals surface area contributed by atoms with Gasteiger partial charge in [0.1, 0.15) is 5.75 Å². The van der Waals surface area contributed by atoms with E-state index in [1.807, 2.05) is 6.92 Å². The molecule has 0 radical (unpaired) electrons. The van der Waals surface area contributed by atoms with Crippen molar-refractivity contribution in [1.29, 1.82) is 0 Å². The molecule has 1 aromatic carbocycles. The Balaban J connectivity index is 1.27. The molecule has 5 rings (SSSR count). The fraction of sp³-hybridized carbons (Fsp3) is 0.710. The van der Waals surface area contributed by atoms with Crippen LogP contribution in [-0.2, 0) is 9.59 Å². The van der Waals surface area contributed by atoms with Gasteiger partial charge in [-0.3, -0.25) is 14.4 Å². The first kappa shape index (κ1) is 28.7. The van der Waals surface area contributed by atoms with Crippen molar-refractivity contribution in [3.05, 3.63) is 23.5 Å². The molecule has 2 amide bonds. The van der Waals surface area contributed by atoms with Gasteiger partial charge in [-0.2, -0.15) is 0 Å². The van der Waals surface area contributed by atoms with Crippen molar-refractivity contribution < 1.29 is 33.4 Å². The van der Waals surface area contributed by atoms with Gasteiger partial charge in [-0.1, -0.05) is 20.3 Å². The van der Waals surface area contributed by atoms with Crippen LogP contribution in [0.4, 0.5) is 4.39 Å². The predicted octanol–water partition coefficient (Wildman–Crippen LogP) is 5.09. The average molecular weight is 559 g/mol. The molecule has 0 spiro atoms. The van der Waals surface area contributed by atoms with E-state index in [4.69, 9.17) is 9.47 Å². The van der Waals surface area contributed by atoms with Gasteiger partial charge in [0.05, 0.1) is 31.1 Å². The topological polar surface area (TPSA) is 114 Å². The number of fused-ring (bicyclic) bond motifs is 2. The number of aliphatic carboxylic acids is 1. The van der Waals surface area contributed by atoms with Crippen molar-refractivity contribution in [1.82, 2.24) is 10.6 Å². The van der Waals surface area contributed by atoms with Gasteiger partial charge in [-0.25, -0.2) is 4.39 Å². The molecule has 0 aliphatic heterocycles. The minimum absolute atomic E-state index is 0.0197. The lowest BCUT2D eigenvalue weighted by Crippen LogP contribution is -2.51. The maximum Gasteiger partial charge on any atom is 0.303 e. The van der Waals surface area contributed by atoms with Gasteiger partial charge in [0, 0.05) is 18.7 Å². The van der Waals surface area contributed by atoms with Crippen LogP contribution in [0.15, 0.2) is 12.1 Å². The number of amides is 2. The maximum absolute atomic E-state index is 15.0. The molecule has 4 fully saturated rings. The second-order valence-corrected chi connectivity index (χ2v) is 13.4. The molecule has 4 aliphatic carbocycles. The molecule has 0 aromatic heterocycles. The zero-order valence-electron chi connectivity index (χ0n) is 23.9. The fourth-order valence-electron chi connectivity index (χ4n) is 7.58. The number of carbonyl (C=O) groups excluding carboxylic acids is 2. The summed E-state index contributed by atoms with van der Waals surface area (Å²) >= 11 is 0. The predicted molar refractivity (Wildman–Crippen MR) is 147 cm³/mol. The van der Waals surface area contributed by atoms with E-state index in [0.717, 1.165) is 32.1 Å². The van der Waals surface area contributed by atoms with E-state index in [1.54, 1.807) is 0 Å². The van der Waals surface area contributed by atoms with Crippen LogP contribution in [0.3, 0.4) is 0 Å². The Hall–Kier alpha value is -2.84. The molecule has 3 N–H and O–H groups in total. The molecule has 4 aliphatic rings. The number of benzene rings is 1. The number of nitrogens with one attached hydrogen (secondary N) is 2. The Morgan fingerprint density at radius 2 is 1.70 bits per heavy atom. The first-order chi connectivity index (χ1) is 19.0. The number of carboxylic acid groups (broad SMARTS) is 1. The average Bonchev–Trinajstić information content (AvgIpc) is 3.50. The number of hydrogen-bond donors (Lipinski definition) is 3. The largest absolute Gasteiger partial charge is 0.496 e. The monoisotopic (exact) mass is 558 g/mol. The molecule has 220 valence electrons. The van der Waals surface area contributed by atoms with E-state index < -0.39 is 17.7 Å². The highest BCUT2D eigenvalue weighted by Crippen LogP contribution is 2.49. The number of halogens is 1. The van der Waals surface area contributed by atoms with Gasteiger partial charge in [0.25, 0.3) is 5.91 Å². The Labute approximate surface area is 235 Å². The minimum atomic E-state index is -0.818. The highest BCUT2D eigenvalue weighted by molar-refractivity contribution is 5.98. The zero-order chi connectivity index (χ0) is 28.7. The van der Waals surface area contributed by atoms with E-state index in [-0.39, 0.29) is 70.1 Å². The standard InChI is InChI=1S/C31H43FN2O6/c1-30(16-25(35)36)11-7-20(8-12-30)40-24-14-21(23(39-3)15-22(24)32)28(37)34-27-19-6-5-18(13-19)26(27)29(38)33-17-31(2)9-4-10-31/h14-15,18-20,26-27H,4-13,16-17H2,1-3H3,(H,33,38)(H,34,37)(H,35,36)/t18-,19+,20-,26+,27-,30-/m1/s1. The van der Waals surface area contributed by atoms with Gasteiger partial charge in [0.15, 0.2) is 11.6 Å². The first-order valence-electron chi connectivity index (χ1n) is 14.8. The van der Waals surface area contributed by atoms with Crippen molar-refractivity contribution in [2.45, 2.75) is 96.6 Å². The molecule has 0 heterocycles. The summed E-state index contributed by atoms with van der Waals surface area (Å²) in [5.74, 6) is -1.49. The van der Waals surface area contributed by atoms with Crippen molar-refractivity contribution in [2.24, 2.45) is 28.6 Å². The van der Waals surface area contributed by atoms with Crippen molar-refractivity contribution in [3.63, 3.8) is 0 Å². The lowest BCUT2D eigenvalue weighted by Gasteiger charge is -2.39. The molecule has 9 heteroatoms. The third-order valence-corrected chi connectivity index (χ3v) is 10.3. The zero-order valence-corrected chi connectivity index (χ0v) is 23.9. The first-order valence-corrected chi connectivity index (χ1v) is 14.8. The van der Waals surface area contributed by atoms with E-state index in [9.17, 15) is 19.5 Å². The SMILES string of the molecule is COc1cc(F)c(O[C@H]2CC[C@](C)(CC(=O)O)CC2)cc1C(=O)N[C@@H]1[C@H]2CC[C@H](C2)[C@@H]1C(=O)NCC1(C)CCC1. The number of ether oxygens (including phenoxy) is 2. The molecule has 0 saturated heterocycles. The van der Waals surface area contributed by atoms with Crippen LogP contribution >= 0.6 is 0 Å². The third kappa shape index (κ3) is 5.93. The second kappa shape index (κ2) is 11.2. The summed E-state index contributed by atoms with van der Waals surface area (Å²) in [6, 6.07) is 2.30. The van der Waals surface area contributed by atoms with Crippen LogP contribution in [0.25, 0.3) is 0 Å². The fourth-order valence-corrected chi connectivity index (χ4v) is 7.58. The van der Waals surface area contributed by atoms with E-state index in [2.05, 4.69) is 17.6 Å². The smallest absolute Gasteiger partial charge is 0.303 e. The minimum Gasteiger partial charge on any atom is -0.496 e. The van der Waals surface area contributed by atoms with E-state index >= 15 is 4.39 Å². The van der Waals surface area contributed by atoms with Gasteiger partial charge >= 0.3 is 5.97 Å². The molecule has 2 bridgehead atoms. The Morgan fingerprint density at radius 1 is 1.00 bits per heavy atom. The normalized spacial score (nSPS) is 32.1. The molecular weight excluding hydrogens is 515 g/mol. The Morgan fingerprint density at radius 3 is 2.33 bits per heavy atom. The van der Waals surface area contributed by atoms with Crippen molar-refractivity contribution in [2.75, 3.05) is 13.7 Å². The molecule has 8 nitrogen and oxygen atoms in total. The lowest BCUT2D eigenvalue weighted by molar-refractivity contribution is -0.140. The van der Waals surface area contributed by atoms with Crippen molar-refractivity contribution in [3.8, 4) is 11.5 Å². The second-order valence-electron chi connectivity index (χ2n) is 13.4. The number of rotatable bonds is 10. The molecule has 1 aromatic rings. The highest BCUT2D eigenvalue weighted by atomic mass is 19.1. The highest BCUT2D eigenvalue weighted by Gasteiger charge is 2.51. The summed E-state index contributed by atoms with van der Waals surface area (Å²) in [4.78, 5) is 38.1. The Bertz CT molecular complexity index is 1140. The number of carbonyl (C=O) groups is 3. The van der Waals surface area contributed by atoms with E-state index in [1.165, 1.54) is 25.7 Å². The summed E-state index contributed by atoms with van der Waals surface area (Å²) in [5.41, 5.74) is 0.0557. The van der Waals surface area contributed by atoms with Gasteiger partial charge in [-0.15, -0.1) is 0 Å². The van der Waals surface area contributed by atoms with Crippen LogP contribution in [0, 0.1) is 34.4 Å².